The Morgan fingerprint density at radius 3 is 2.09 bits per heavy atom. The summed E-state index contributed by atoms with van der Waals surface area (Å²) in [4.78, 5) is 10.4. The molecular weight excluding hydrogens is 292 g/mol. The third-order valence-corrected chi connectivity index (χ3v) is 4.07. The van der Waals surface area contributed by atoms with Crippen molar-refractivity contribution in [3.63, 3.8) is 0 Å². The van der Waals surface area contributed by atoms with E-state index in [4.69, 9.17) is 14.6 Å². The highest BCUT2D eigenvalue weighted by Crippen LogP contribution is 2.31. The van der Waals surface area contributed by atoms with E-state index in [1.54, 1.807) is 14.2 Å². The molecule has 0 saturated heterocycles. The molecule has 0 radical (unpaired) electrons. The van der Waals surface area contributed by atoms with Crippen LogP contribution in [0.15, 0.2) is 18.2 Å². The zero-order valence-corrected chi connectivity index (χ0v) is 14.5. The molecule has 1 rings (SSSR count). The second-order valence-electron chi connectivity index (χ2n) is 5.87. The minimum Gasteiger partial charge on any atom is -0.493 e. The molecule has 130 valence electrons. The lowest BCUT2D eigenvalue weighted by Gasteiger charge is -2.12. The summed E-state index contributed by atoms with van der Waals surface area (Å²) < 4.78 is 10.8. The highest BCUT2D eigenvalue weighted by molar-refractivity contribution is 5.66. The van der Waals surface area contributed by atoms with Gasteiger partial charge in [-0.1, -0.05) is 50.7 Å². The van der Waals surface area contributed by atoms with Crippen molar-refractivity contribution in [1.82, 2.24) is 0 Å². The molecule has 1 aromatic rings. The lowest BCUT2D eigenvalue weighted by Crippen LogP contribution is -1.96. The SMILES string of the molecule is COc1cccc(CCCCCCCCCCC(=O)O)c1OC. The van der Waals surface area contributed by atoms with Gasteiger partial charge in [0.15, 0.2) is 11.5 Å². The van der Waals surface area contributed by atoms with Crippen LogP contribution >= 0.6 is 0 Å². The van der Waals surface area contributed by atoms with E-state index in [1.807, 2.05) is 12.1 Å². The van der Waals surface area contributed by atoms with Gasteiger partial charge < -0.3 is 14.6 Å². The van der Waals surface area contributed by atoms with Gasteiger partial charge in [0, 0.05) is 6.42 Å². The van der Waals surface area contributed by atoms with Crippen LogP contribution in [0.4, 0.5) is 0 Å². The van der Waals surface area contributed by atoms with Crippen LogP contribution in [0.25, 0.3) is 0 Å². The fraction of sp³-hybridized carbons (Fsp3) is 0.632. The first kappa shape index (κ1) is 19.3. The van der Waals surface area contributed by atoms with Crippen LogP contribution < -0.4 is 9.47 Å². The van der Waals surface area contributed by atoms with Gasteiger partial charge in [-0.25, -0.2) is 0 Å². The smallest absolute Gasteiger partial charge is 0.303 e. The maximum Gasteiger partial charge on any atom is 0.303 e. The van der Waals surface area contributed by atoms with Gasteiger partial charge in [0.1, 0.15) is 0 Å². The monoisotopic (exact) mass is 322 g/mol. The first-order valence-electron chi connectivity index (χ1n) is 8.60. The van der Waals surface area contributed by atoms with E-state index < -0.39 is 5.97 Å². The molecule has 0 aliphatic heterocycles. The van der Waals surface area contributed by atoms with Gasteiger partial charge in [-0.15, -0.1) is 0 Å². The molecule has 0 aliphatic rings. The molecule has 0 atom stereocenters. The molecule has 0 saturated carbocycles. The Balaban J connectivity index is 2.10. The highest BCUT2D eigenvalue weighted by Gasteiger charge is 2.08. The number of aryl methyl sites for hydroxylation is 1. The quantitative estimate of drug-likeness (QED) is 0.528. The normalized spacial score (nSPS) is 10.5. The molecule has 0 aliphatic carbocycles. The number of carboxylic acid groups (broad SMARTS) is 1. The molecule has 0 spiro atoms. The van der Waals surface area contributed by atoms with Crippen LogP contribution in [0, 0.1) is 0 Å². The maximum absolute atomic E-state index is 10.4. The number of carboxylic acids is 1. The van der Waals surface area contributed by atoms with E-state index in [0.717, 1.165) is 43.6 Å². The highest BCUT2D eigenvalue weighted by atomic mass is 16.5. The molecule has 0 aromatic heterocycles. The molecule has 0 heterocycles. The molecule has 1 N–H and O–H groups in total. The minimum absolute atomic E-state index is 0.308. The van der Waals surface area contributed by atoms with E-state index >= 15 is 0 Å². The van der Waals surface area contributed by atoms with Gasteiger partial charge in [-0.3, -0.25) is 4.79 Å². The molecule has 23 heavy (non-hydrogen) atoms. The van der Waals surface area contributed by atoms with Gasteiger partial charge in [-0.05, 0) is 30.9 Å². The standard InChI is InChI=1S/C19H30O4/c1-22-17-14-11-13-16(19(17)23-2)12-9-7-5-3-4-6-8-10-15-18(20)21/h11,13-14H,3-10,12,15H2,1-2H3,(H,20,21). The first-order chi connectivity index (χ1) is 11.2. The average Bonchev–Trinajstić information content (AvgIpc) is 2.55. The summed E-state index contributed by atoms with van der Waals surface area (Å²) >= 11 is 0. The van der Waals surface area contributed by atoms with Crippen molar-refractivity contribution in [1.29, 1.82) is 0 Å². The lowest BCUT2D eigenvalue weighted by molar-refractivity contribution is -0.137. The summed E-state index contributed by atoms with van der Waals surface area (Å²) in [5, 5.41) is 8.56. The molecule has 1 aromatic carbocycles. The molecule has 0 unspecified atom stereocenters. The molecule has 0 fully saturated rings. The van der Waals surface area contributed by atoms with Gasteiger partial charge in [0.05, 0.1) is 14.2 Å². The van der Waals surface area contributed by atoms with E-state index in [2.05, 4.69) is 6.07 Å². The van der Waals surface area contributed by atoms with E-state index in [0.29, 0.717) is 6.42 Å². The largest absolute Gasteiger partial charge is 0.493 e. The number of ether oxygens (including phenoxy) is 2. The molecular formula is C19H30O4. The Labute approximate surface area is 139 Å². The zero-order valence-electron chi connectivity index (χ0n) is 14.5. The summed E-state index contributed by atoms with van der Waals surface area (Å²) in [6, 6.07) is 6.03. The number of benzene rings is 1. The minimum atomic E-state index is -0.682. The van der Waals surface area contributed by atoms with Crippen molar-refractivity contribution < 1.29 is 19.4 Å². The lowest BCUT2D eigenvalue weighted by atomic mass is 10.0. The van der Waals surface area contributed by atoms with Crippen molar-refractivity contribution in [2.24, 2.45) is 0 Å². The summed E-state index contributed by atoms with van der Waals surface area (Å²) in [6.45, 7) is 0. The number of rotatable bonds is 13. The Kier molecular flexibility index (Phi) is 9.92. The number of unbranched alkanes of at least 4 members (excludes halogenated alkanes) is 7. The van der Waals surface area contributed by atoms with Crippen LogP contribution in [-0.4, -0.2) is 25.3 Å². The van der Waals surface area contributed by atoms with E-state index in [1.165, 1.54) is 31.2 Å². The van der Waals surface area contributed by atoms with E-state index in [-0.39, 0.29) is 0 Å². The number of methoxy groups -OCH3 is 2. The van der Waals surface area contributed by atoms with Crippen molar-refractivity contribution in [2.75, 3.05) is 14.2 Å². The summed E-state index contributed by atoms with van der Waals surface area (Å²) in [5.41, 5.74) is 1.21. The first-order valence-corrected chi connectivity index (χ1v) is 8.60. The summed E-state index contributed by atoms with van der Waals surface area (Å²) in [6.07, 6.45) is 10.4. The van der Waals surface area contributed by atoms with Crippen LogP contribution in [0.5, 0.6) is 11.5 Å². The molecule has 0 amide bonds. The number of carbonyl (C=O) groups is 1. The van der Waals surface area contributed by atoms with Crippen LogP contribution in [0.3, 0.4) is 0 Å². The van der Waals surface area contributed by atoms with Gasteiger partial charge in [0.25, 0.3) is 0 Å². The van der Waals surface area contributed by atoms with Gasteiger partial charge in [0.2, 0.25) is 0 Å². The van der Waals surface area contributed by atoms with Crippen LogP contribution in [0.1, 0.15) is 63.4 Å². The van der Waals surface area contributed by atoms with Gasteiger partial charge >= 0.3 is 5.97 Å². The Hall–Kier alpha value is -1.71. The van der Waals surface area contributed by atoms with Crippen molar-refractivity contribution in [3.05, 3.63) is 23.8 Å². The van der Waals surface area contributed by atoms with Crippen molar-refractivity contribution in [3.8, 4) is 11.5 Å². The fourth-order valence-corrected chi connectivity index (χ4v) is 2.80. The Morgan fingerprint density at radius 1 is 0.913 bits per heavy atom. The fourth-order valence-electron chi connectivity index (χ4n) is 2.80. The van der Waals surface area contributed by atoms with Gasteiger partial charge in [-0.2, -0.15) is 0 Å². The number of aliphatic carboxylic acids is 1. The second-order valence-corrected chi connectivity index (χ2v) is 5.87. The Bertz CT molecular complexity index is 457. The third-order valence-electron chi connectivity index (χ3n) is 4.07. The predicted molar refractivity (Wildman–Crippen MR) is 92.4 cm³/mol. The molecule has 0 bridgehead atoms. The second kappa shape index (κ2) is 11.8. The molecule has 4 nitrogen and oxygen atoms in total. The number of hydrogen-bond acceptors (Lipinski definition) is 3. The van der Waals surface area contributed by atoms with E-state index in [9.17, 15) is 4.79 Å². The summed E-state index contributed by atoms with van der Waals surface area (Å²) in [5.74, 6) is 0.970. The van der Waals surface area contributed by atoms with Crippen LogP contribution in [0.2, 0.25) is 0 Å². The number of hydrogen-bond donors (Lipinski definition) is 1. The molecule has 4 heteroatoms. The average molecular weight is 322 g/mol. The Morgan fingerprint density at radius 2 is 1.52 bits per heavy atom. The topological polar surface area (TPSA) is 55.8 Å². The van der Waals surface area contributed by atoms with Crippen molar-refractivity contribution in [2.45, 2.75) is 64.2 Å². The maximum atomic E-state index is 10.4. The number of para-hydroxylation sites is 1. The van der Waals surface area contributed by atoms with Crippen LogP contribution in [-0.2, 0) is 11.2 Å². The predicted octanol–water partition coefficient (Wildman–Crippen LogP) is 4.84. The third kappa shape index (κ3) is 7.91. The summed E-state index contributed by atoms with van der Waals surface area (Å²) in [7, 11) is 3.35. The zero-order chi connectivity index (χ0) is 16.9. The van der Waals surface area contributed by atoms with Crippen molar-refractivity contribution >= 4 is 5.97 Å².